The van der Waals surface area contributed by atoms with Gasteiger partial charge in [0, 0.05) is 5.70 Å². The predicted octanol–water partition coefficient (Wildman–Crippen LogP) is 3.15. The molecule has 0 aromatic heterocycles. The second-order valence-electron chi connectivity index (χ2n) is 2.45. The lowest BCUT2D eigenvalue weighted by Crippen LogP contribution is -1.97. The zero-order valence-electron chi connectivity index (χ0n) is 8.14. The summed E-state index contributed by atoms with van der Waals surface area (Å²) in [5.41, 5.74) is 7.69. The first-order valence-corrected chi connectivity index (χ1v) is 4.63. The molecular weight excluding hydrogens is 146 g/mol. The fourth-order valence-electron chi connectivity index (χ4n) is 1.07. The quantitative estimate of drug-likeness (QED) is 0.634. The molecule has 1 rings (SSSR count). The van der Waals surface area contributed by atoms with E-state index in [1.165, 1.54) is 6.42 Å². The molecule has 0 saturated carbocycles. The summed E-state index contributed by atoms with van der Waals surface area (Å²) in [7, 11) is 0. The van der Waals surface area contributed by atoms with Crippen molar-refractivity contribution in [1.82, 2.24) is 0 Å². The van der Waals surface area contributed by atoms with E-state index in [1.54, 1.807) is 0 Å². The molecule has 1 aliphatic carbocycles. The van der Waals surface area contributed by atoms with Gasteiger partial charge in [0.1, 0.15) is 0 Å². The monoisotopic (exact) mass is 165 g/mol. The summed E-state index contributed by atoms with van der Waals surface area (Å²) in [6.07, 6.45) is 9.46. The van der Waals surface area contributed by atoms with Crippen LogP contribution < -0.4 is 5.73 Å². The first-order valence-electron chi connectivity index (χ1n) is 4.63. The third-order valence-corrected chi connectivity index (χ3v) is 1.69. The molecule has 0 heterocycles. The summed E-state index contributed by atoms with van der Waals surface area (Å²) < 4.78 is 0. The highest BCUT2D eigenvalue weighted by Crippen LogP contribution is 2.14. The summed E-state index contributed by atoms with van der Waals surface area (Å²) in [5, 5.41) is 0. The van der Waals surface area contributed by atoms with E-state index in [9.17, 15) is 0 Å². The van der Waals surface area contributed by atoms with E-state index < -0.39 is 0 Å². The van der Waals surface area contributed by atoms with Gasteiger partial charge < -0.3 is 5.73 Å². The van der Waals surface area contributed by atoms with Gasteiger partial charge in [-0.2, -0.15) is 0 Å². The van der Waals surface area contributed by atoms with Crippen LogP contribution in [0.2, 0.25) is 0 Å². The molecule has 0 bridgehead atoms. The Morgan fingerprint density at radius 3 is 2.50 bits per heavy atom. The Bertz CT molecular complexity index is 187. The molecule has 12 heavy (non-hydrogen) atoms. The van der Waals surface area contributed by atoms with Gasteiger partial charge in [-0.25, -0.2) is 0 Å². The maximum atomic E-state index is 5.71. The highest BCUT2D eigenvalue weighted by atomic mass is 14.6. The number of rotatable bonds is 1. The van der Waals surface area contributed by atoms with Crippen LogP contribution in [0.15, 0.2) is 36.1 Å². The van der Waals surface area contributed by atoms with Crippen molar-refractivity contribution in [2.24, 2.45) is 5.73 Å². The molecule has 1 heteroatoms. The van der Waals surface area contributed by atoms with E-state index in [1.807, 2.05) is 19.9 Å². The highest BCUT2D eigenvalue weighted by molar-refractivity contribution is 5.37. The van der Waals surface area contributed by atoms with Crippen molar-refractivity contribution in [3.8, 4) is 0 Å². The van der Waals surface area contributed by atoms with Crippen LogP contribution in [0, 0.1) is 0 Å². The van der Waals surface area contributed by atoms with Gasteiger partial charge in [-0.3, -0.25) is 0 Å². The van der Waals surface area contributed by atoms with Crippen LogP contribution in [0.1, 0.15) is 33.1 Å². The SMILES string of the molecule is C=CC1=CCCCC=C1N.CC. The van der Waals surface area contributed by atoms with Crippen molar-refractivity contribution in [3.05, 3.63) is 36.1 Å². The van der Waals surface area contributed by atoms with Gasteiger partial charge in [0.15, 0.2) is 0 Å². The molecule has 0 fully saturated rings. The molecule has 0 saturated heterocycles. The smallest absolute Gasteiger partial charge is 0.0343 e. The van der Waals surface area contributed by atoms with Crippen molar-refractivity contribution in [2.75, 3.05) is 0 Å². The number of allylic oxidation sites excluding steroid dienone is 3. The Hall–Kier alpha value is -0.980. The van der Waals surface area contributed by atoms with Crippen molar-refractivity contribution in [3.63, 3.8) is 0 Å². The van der Waals surface area contributed by atoms with E-state index in [0.29, 0.717) is 0 Å². The Morgan fingerprint density at radius 1 is 1.33 bits per heavy atom. The number of hydrogen-bond acceptors (Lipinski definition) is 1. The molecule has 1 nitrogen and oxygen atoms in total. The maximum Gasteiger partial charge on any atom is 0.0343 e. The van der Waals surface area contributed by atoms with Crippen LogP contribution in [-0.4, -0.2) is 0 Å². The Kier molecular flexibility index (Phi) is 6.16. The van der Waals surface area contributed by atoms with E-state index in [0.717, 1.165) is 24.1 Å². The molecule has 0 spiro atoms. The lowest BCUT2D eigenvalue weighted by Gasteiger charge is -1.97. The van der Waals surface area contributed by atoms with Crippen LogP contribution in [0.4, 0.5) is 0 Å². The zero-order chi connectivity index (χ0) is 9.40. The van der Waals surface area contributed by atoms with Gasteiger partial charge in [-0.05, 0) is 24.8 Å². The van der Waals surface area contributed by atoms with E-state index in [-0.39, 0.29) is 0 Å². The minimum Gasteiger partial charge on any atom is -0.399 e. The Morgan fingerprint density at radius 2 is 1.92 bits per heavy atom. The molecular formula is C11H19N. The van der Waals surface area contributed by atoms with Crippen molar-refractivity contribution >= 4 is 0 Å². The zero-order valence-corrected chi connectivity index (χ0v) is 8.14. The van der Waals surface area contributed by atoms with Gasteiger partial charge in [-0.1, -0.05) is 38.7 Å². The highest BCUT2D eigenvalue weighted by Gasteiger charge is 1.98. The molecule has 2 N–H and O–H groups in total. The Labute approximate surface area is 75.7 Å². The average molecular weight is 165 g/mol. The first kappa shape index (κ1) is 11.0. The molecule has 0 aromatic rings. The van der Waals surface area contributed by atoms with Crippen LogP contribution in [0.5, 0.6) is 0 Å². The van der Waals surface area contributed by atoms with Crippen LogP contribution in [0.3, 0.4) is 0 Å². The number of hydrogen-bond donors (Lipinski definition) is 1. The molecule has 0 radical (unpaired) electrons. The maximum absolute atomic E-state index is 5.71. The van der Waals surface area contributed by atoms with Crippen molar-refractivity contribution in [2.45, 2.75) is 33.1 Å². The molecule has 0 aromatic carbocycles. The van der Waals surface area contributed by atoms with Crippen LogP contribution in [0.25, 0.3) is 0 Å². The standard InChI is InChI=1S/C9H13N.C2H6/c1-2-8-6-4-3-5-7-9(8)10;1-2/h2,6-7H,1,3-5,10H2;1-2H3. The van der Waals surface area contributed by atoms with Gasteiger partial charge >= 0.3 is 0 Å². The largest absolute Gasteiger partial charge is 0.399 e. The van der Waals surface area contributed by atoms with Gasteiger partial charge in [0.05, 0.1) is 0 Å². The van der Waals surface area contributed by atoms with Crippen LogP contribution >= 0.6 is 0 Å². The third kappa shape index (κ3) is 3.42. The predicted molar refractivity (Wildman–Crippen MR) is 55.7 cm³/mol. The summed E-state index contributed by atoms with van der Waals surface area (Å²) in [6.45, 7) is 7.69. The second kappa shape index (κ2) is 6.71. The van der Waals surface area contributed by atoms with Crippen LogP contribution in [-0.2, 0) is 0 Å². The van der Waals surface area contributed by atoms with E-state index >= 15 is 0 Å². The molecule has 1 aliphatic rings. The summed E-state index contributed by atoms with van der Waals surface area (Å²) >= 11 is 0. The summed E-state index contributed by atoms with van der Waals surface area (Å²) in [4.78, 5) is 0. The summed E-state index contributed by atoms with van der Waals surface area (Å²) in [5.74, 6) is 0. The number of nitrogens with two attached hydrogens (primary N) is 1. The second-order valence-corrected chi connectivity index (χ2v) is 2.45. The normalized spacial score (nSPS) is 16.2. The van der Waals surface area contributed by atoms with Gasteiger partial charge in [0.25, 0.3) is 0 Å². The molecule has 0 atom stereocenters. The van der Waals surface area contributed by atoms with Gasteiger partial charge in [-0.15, -0.1) is 0 Å². The topological polar surface area (TPSA) is 26.0 Å². The fourth-order valence-corrected chi connectivity index (χ4v) is 1.07. The average Bonchev–Trinajstić information content (AvgIpc) is 2.33. The minimum absolute atomic E-state index is 0.882. The fraction of sp³-hybridized carbons (Fsp3) is 0.455. The van der Waals surface area contributed by atoms with Crippen molar-refractivity contribution in [1.29, 1.82) is 0 Å². The molecule has 0 amide bonds. The van der Waals surface area contributed by atoms with Gasteiger partial charge in [0.2, 0.25) is 0 Å². The van der Waals surface area contributed by atoms with Crippen molar-refractivity contribution < 1.29 is 0 Å². The molecule has 0 unspecified atom stereocenters. The lowest BCUT2D eigenvalue weighted by molar-refractivity contribution is 0.873. The third-order valence-electron chi connectivity index (χ3n) is 1.69. The van der Waals surface area contributed by atoms with E-state index in [4.69, 9.17) is 5.73 Å². The van der Waals surface area contributed by atoms with E-state index in [2.05, 4.69) is 18.7 Å². The molecule has 68 valence electrons. The summed E-state index contributed by atoms with van der Waals surface area (Å²) in [6, 6.07) is 0. The molecule has 0 aliphatic heterocycles. The minimum atomic E-state index is 0.882. The Balaban J connectivity index is 0.000000561. The lowest BCUT2D eigenvalue weighted by atomic mass is 10.2. The first-order chi connectivity index (χ1) is 5.84.